The van der Waals surface area contributed by atoms with E-state index < -0.39 is 120 Å². The highest BCUT2D eigenvalue weighted by Crippen LogP contribution is 2.33. The van der Waals surface area contributed by atoms with Crippen LogP contribution in [-0.2, 0) is 81.9 Å². The maximum atomic E-state index is 12.7. The largest absolute Gasteiger partial charge is 0.380 e. The summed E-state index contributed by atoms with van der Waals surface area (Å²) in [5.41, 5.74) is 16.5. The minimum absolute atomic E-state index is 0.301. The molecule has 0 radical (unpaired) electrons. The SMILES string of the molecule is CN(C)C(=O)[C@H](O)[C@@H](O)C(=O)N1CCCc2cc(C#Cc3ccccc3)ccc21.CN(C)C(=O)[C@H](O)[C@@H](O)C(=O)N1CCc2cc(C#Cc3ccccc3)ccc2C1.CN(C)C(=O)[C@H](O)[C@@H](O)C(=O)N1CCc2ccc(C#Cc3ccccc3)cc21.CN(C)C(=O)[C@H](O)[C@@H](O)C(=O)N1CCc2ccc(C#Cc3ccccc3)cc2C1.CN(C)C(=O)[C@H](O)[C@@H](O)C(=O)n1ccc2ccc(C#Cc3ccccc3)cc21. The number of fused-ring (bicyclic) bond motifs is 5. The van der Waals surface area contributed by atoms with Crippen molar-refractivity contribution in [2.24, 2.45) is 0 Å². The summed E-state index contributed by atoms with van der Waals surface area (Å²) in [7, 11) is 14.5. The smallest absolute Gasteiger partial charge is 0.263 e. The molecule has 736 valence electrons. The van der Waals surface area contributed by atoms with Crippen LogP contribution in [0.1, 0.15) is 100 Å². The molecule has 0 saturated carbocycles. The average Bonchev–Trinajstić information content (AvgIpc) is 1.72. The highest BCUT2D eigenvalue weighted by atomic mass is 16.4. The first-order valence-corrected chi connectivity index (χ1v) is 45.9. The Kier molecular flexibility index (Phi) is 38.1. The van der Waals surface area contributed by atoms with Crippen molar-refractivity contribution in [3.05, 3.63) is 344 Å². The van der Waals surface area contributed by atoms with E-state index in [-0.39, 0.29) is 0 Å². The second kappa shape index (κ2) is 50.8. The van der Waals surface area contributed by atoms with E-state index in [1.54, 1.807) is 24.3 Å². The van der Waals surface area contributed by atoms with Gasteiger partial charge in [0.2, 0.25) is 0 Å². The lowest BCUT2D eigenvalue weighted by molar-refractivity contribution is -0.157. The van der Waals surface area contributed by atoms with Gasteiger partial charge < -0.3 is 95.2 Å². The van der Waals surface area contributed by atoms with E-state index >= 15 is 0 Å². The van der Waals surface area contributed by atoms with Gasteiger partial charge in [-0.05, 0) is 199 Å². The van der Waals surface area contributed by atoms with Crippen molar-refractivity contribution in [3.63, 3.8) is 0 Å². The quantitative estimate of drug-likeness (QED) is 0.0603. The van der Waals surface area contributed by atoms with Crippen LogP contribution in [0.2, 0.25) is 0 Å². The number of hydrogen-bond acceptors (Lipinski definition) is 20. The molecule has 30 nitrogen and oxygen atoms in total. The number of aryl methyl sites for hydroxylation is 1. The fraction of sp³-hybridized carbons (Fsp3) is 0.274. The van der Waals surface area contributed by atoms with E-state index in [0.29, 0.717) is 81.0 Å². The molecule has 0 saturated heterocycles. The number of amides is 9. The number of aliphatic hydroxyl groups excluding tert-OH is 10. The standard InChI is InChI=1S/3C23H24N2O4.C22H22N2O4.C22H20N2O4/c1-24(2)22(28)20(26)21(27)23(29)25-14-6-9-18-15-17(12-13-19(18)25)11-10-16-7-4-3-5-8-16;1-24(2)22(28)20(26)21(27)23(29)25-13-12-18-14-17(10-11-19(18)15-25)9-8-16-6-4-3-5-7-16;1-24(2)22(28)20(26)21(27)23(29)25-13-12-18-11-10-17(14-19(18)15-25)9-8-16-6-4-3-5-7-16;2*1-23(2)21(27)19(25)20(26)22(28)24-13-12-17-11-10-16(14-18(17)24)9-8-15-6-4-3-5-7-15/h3-5,7-8,12-13,15,20-21,26-27H,6,9,14H2,1-2H3;2*3-7,10-11,14,20-21,26-27H,12-13,15H2,1-2H3;3-7,10-11,14,19-20,25-26H,12-13H2,1-2H3;3-7,10-14,19-20,25-26H,1-2H3/t3*20-,21-;2*19-,20-/m11111/s1. The molecule has 0 spiro atoms. The van der Waals surface area contributed by atoms with E-state index in [1.807, 2.05) is 224 Å². The zero-order chi connectivity index (χ0) is 103. The van der Waals surface area contributed by atoms with Crippen LogP contribution in [0, 0.1) is 59.2 Å². The average molecular weight is 1930 g/mol. The van der Waals surface area contributed by atoms with Crippen LogP contribution in [-0.4, -0.2) is 307 Å². The van der Waals surface area contributed by atoms with Gasteiger partial charge in [-0.3, -0.25) is 52.5 Å². The van der Waals surface area contributed by atoms with E-state index in [2.05, 4.69) is 59.2 Å². The topological polar surface area (TPSA) is 407 Å². The summed E-state index contributed by atoms with van der Waals surface area (Å²) in [6, 6.07) is 78.2. The molecule has 15 rings (SSSR count). The lowest BCUT2D eigenvalue weighted by Crippen LogP contribution is -2.51. The Morgan fingerprint density at radius 1 is 0.245 bits per heavy atom. The predicted molar refractivity (Wildman–Crippen MR) is 539 cm³/mol. The lowest BCUT2D eigenvalue weighted by Gasteiger charge is -2.32. The van der Waals surface area contributed by atoms with Gasteiger partial charge in [0.15, 0.2) is 61.0 Å². The van der Waals surface area contributed by atoms with E-state index in [4.69, 9.17) is 0 Å². The van der Waals surface area contributed by atoms with Gasteiger partial charge in [0.05, 0.1) is 5.52 Å². The number of rotatable bonds is 15. The van der Waals surface area contributed by atoms with E-state index in [9.17, 15) is 99.0 Å². The second-order valence-corrected chi connectivity index (χ2v) is 35.0. The molecule has 143 heavy (non-hydrogen) atoms. The van der Waals surface area contributed by atoms with Gasteiger partial charge >= 0.3 is 0 Å². The second-order valence-electron chi connectivity index (χ2n) is 35.0. The summed E-state index contributed by atoms with van der Waals surface area (Å²) in [5.74, 6) is 24.0. The molecule has 5 heterocycles. The Labute approximate surface area is 830 Å². The fourth-order valence-electron chi connectivity index (χ4n) is 15.5. The van der Waals surface area contributed by atoms with Crippen LogP contribution in [0.5, 0.6) is 0 Å². The Morgan fingerprint density at radius 2 is 0.538 bits per heavy atom. The molecule has 0 aliphatic carbocycles. The maximum Gasteiger partial charge on any atom is 0.263 e. The normalized spacial score (nSPS) is 14.3. The number of aliphatic hydroxyl groups is 10. The van der Waals surface area contributed by atoms with Crippen LogP contribution in [0.4, 0.5) is 11.4 Å². The third-order valence-corrected chi connectivity index (χ3v) is 23.6. The van der Waals surface area contributed by atoms with Gasteiger partial charge in [-0.25, -0.2) is 0 Å². The van der Waals surface area contributed by atoms with Crippen LogP contribution >= 0.6 is 0 Å². The molecular formula is C113H114N10O20. The fourth-order valence-corrected chi connectivity index (χ4v) is 15.5. The molecule has 4 aliphatic rings. The van der Waals surface area contributed by atoms with Crippen molar-refractivity contribution < 1.29 is 99.0 Å². The summed E-state index contributed by atoms with van der Waals surface area (Å²) in [6.07, 6.45) is -13.1. The molecule has 9 amide bonds. The molecular weight excluding hydrogens is 1820 g/mol. The number of carbonyl (C=O) groups is 10. The van der Waals surface area contributed by atoms with Gasteiger partial charge in [-0.1, -0.05) is 174 Å². The number of hydrogen-bond donors (Lipinski definition) is 10. The van der Waals surface area contributed by atoms with Crippen molar-refractivity contribution in [1.82, 2.24) is 38.9 Å². The Hall–Kier alpha value is -16.0. The number of likely N-dealkylation sites (N-methyl/N-ethyl adjacent to an activating group) is 5. The third-order valence-electron chi connectivity index (χ3n) is 23.6. The van der Waals surface area contributed by atoms with E-state index in [1.165, 1.54) is 101 Å². The van der Waals surface area contributed by atoms with Crippen molar-refractivity contribution in [3.8, 4) is 59.2 Å². The molecule has 0 fully saturated rings. The molecule has 0 bridgehead atoms. The number of carbonyl (C=O) groups excluding carboxylic acids is 10. The van der Waals surface area contributed by atoms with Gasteiger partial charge in [0.1, 0.15) is 0 Å². The van der Waals surface area contributed by atoms with Crippen LogP contribution < -0.4 is 9.80 Å². The van der Waals surface area contributed by atoms with Crippen LogP contribution in [0.15, 0.2) is 255 Å². The maximum absolute atomic E-state index is 12.7. The van der Waals surface area contributed by atoms with E-state index in [0.717, 1.165) is 126 Å². The highest BCUT2D eigenvalue weighted by molar-refractivity contribution is 6.03. The minimum atomic E-state index is -1.87. The predicted octanol–water partition coefficient (Wildman–Crippen LogP) is 5.01. The lowest BCUT2D eigenvalue weighted by atomic mass is 9.96. The third kappa shape index (κ3) is 28.7. The van der Waals surface area contributed by atoms with Gasteiger partial charge in [-0.2, -0.15) is 0 Å². The molecule has 30 heteroatoms. The summed E-state index contributed by atoms with van der Waals surface area (Å²) < 4.78 is 1.22. The highest BCUT2D eigenvalue weighted by Gasteiger charge is 2.41. The monoisotopic (exact) mass is 1930 g/mol. The number of aromatic nitrogens is 1. The summed E-state index contributed by atoms with van der Waals surface area (Å²) in [6.45, 7) is 2.24. The van der Waals surface area contributed by atoms with Gasteiger partial charge in [0.25, 0.3) is 59.1 Å². The Morgan fingerprint density at radius 3 is 0.930 bits per heavy atom. The molecule has 10 aromatic carbocycles. The molecule has 11 aromatic rings. The minimum Gasteiger partial charge on any atom is -0.380 e. The molecule has 0 unspecified atom stereocenters. The molecule has 10 N–H and O–H groups in total. The van der Waals surface area contributed by atoms with Crippen molar-refractivity contribution in [1.29, 1.82) is 0 Å². The molecule has 1 aromatic heterocycles. The van der Waals surface area contributed by atoms with Crippen molar-refractivity contribution in [2.75, 3.05) is 106 Å². The van der Waals surface area contributed by atoms with Crippen LogP contribution in [0.25, 0.3) is 10.9 Å². The molecule has 4 aliphatic heterocycles. The van der Waals surface area contributed by atoms with Gasteiger partial charge in [0, 0.05) is 188 Å². The van der Waals surface area contributed by atoms with Gasteiger partial charge in [-0.15, -0.1) is 0 Å². The van der Waals surface area contributed by atoms with Crippen molar-refractivity contribution >= 4 is 81.3 Å². The van der Waals surface area contributed by atoms with Crippen molar-refractivity contribution in [2.45, 2.75) is 106 Å². The first kappa shape index (κ1) is 107. The first-order valence-electron chi connectivity index (χ1n) is 45.9. The summed E-state index contributed by atoms with van der Waals surface area (Å²) >= 11 is 0. The number of benzene rings is 10. The Balaban J connectivity index is 0.000000171. The van der Waals surface area contributed by atoms with Crippen LogP contribution in [0.3, 0.4) is 0 Å². The first-order chi connectivity index (χ1) is 68.4. The number of anilines is 2. The molecule has 10 atom stereocenters. The zero-order valence-electron chi connectivity index (χ0n) is 80.8. The number of nitrogens with zero attached hydrogens (tertiary/aromatic N) is 10. The summed E-state index contributed by atoms with van der Waals surface area (Å²) in [5, 5.41) is 102. The summed E-state index contributed by atoms with van der Waals surface area (Å²) in [4.78, 5) is 134. The zero-order valence-corrected chi connectivity index (χ0v) is 80.8. The Bertz CT molecular complexity index is 6780.